The molecule has 0 spiro atoms. The maximum atomic E-state index is 13.1. The van der Waals surface area contributed by atoms with Crippen LogP contribution in [0.5, 0.6) is 0 Å². The Morgan fingerprint density at radius 2 is 1.66 bits per heavy atom. The predicted molar refractivity (Wildman–Crippen MR) is 152 cm³/mol. The molecule has 1 atom stereocenters. The van der Waals surface area contributed by atoms with Gasteiger partial charge in [-0.1, -0.05) is 53.5 Å². The summed E-state index contributed by atoms with van der Waals surface area (Å²) in [6, 6.07) is 18.9. The summed E-state index contributed by atoms with van der Waals surface area (Å²) in [5.74, 6) is -1.19. The van der Waals surface area contributed by atoms with E-state index in [4.69, 9.17) is 27.9 Å². The Morgan fingerprint density at radius 3 is 2.26 bits per heavy atom. The first kappa shape index (κ1) is 27.2. The highest BCUT2D eigenvalue weighted by molar-refractivity contribution is 6.39. The van der Waals surface area contributed by atoms with E-state index in [9.17, 15) is 14.4 Å². The zero-order valence-corrected chi connectivity index (χ0v) is 22.9. The zero-order chi connectivity index (χ0) is 27.6. The molecule has 38 heavy (non-hydrogen) atoms. The molecule has 9 heteroatoms. The van der Waals surface area contributed by atoms with Gasteiger partial charge >= 0.3 is 5.97 Å². The predicted octanol–water partition coefficient (Wildman–Crippen LogP) is 5.09. The first-order chi connectivity index (χ1) is 18.1. The Bertz CT molecular complexity index is 1560. The highest BCUT2D eigenvalue weighted by atomic mass is 35.5. The van der Waals surface area contributed by atoms with Gasteiger partial charge in [0.05, 0.1) is 28.2 Å². The first-order valence-electron chi connectivity index (χ1n) is 11.8. The fourth-order valence-electron chi connectivity index (χ4n) is 4.29. The van der Waals surface area contributed by atoms with Gasteiger partial charge in [-0.2, -0.15) is 0 Å². The quantitative estimate of drug-likeness (QED) is 0.323. The number of methoxy groups -OCH3 is 1. The van der Waals surface area contributed by atoms with Gasteiger partial charge in [-0.25, -0.2) is 4.79 Å². The summed E-state index contributed by atoms with van der Waals surface area (Å²) in [7, 11) is 6.95. The molecule has 0 saturated heterocycles. The maximum Gasteiger partial charge on any atom is 0.328 e. The molecular formula is C29H27Cl2N3O4. The number of nitrogens with zero attached hydrogens (tertiary/aromatic N) is 2. The average molecular weight is 552 g/mol. The van der Waals surface area contributed by atoms with E-state index in [2.05, 4.69) is 5.32 Å². The highest BCUT2D eigenvalue weighted by Crippen LogP contribution is 2.26. The van der Waals surface area contributed by atoms with E-state index in [0.29, 0.717) is 5.56 Å². The number of rotatable bonds is 7. The van der Waals surface area contributed by atoms with Crippen molar-refractivity contribution in [3.63, 3.8) is 0 Å². The lowest BCUT2D eigenvalue weighted by Gasteiger charge is -2.18. The standard InChI is InChI=1S/C29H27Cl2N3O4/c1-33(2)20-12-13-25-19(15-20)16-21(28(36)34(25)3)18-10-8-17(9-11-18)14-24(29(37)38-4)32-27(35)26-22(30)6-5-7-23(26)31/h5-13,15-16,24H,14H2,1-4H3,(H,32,35)/t24-/m0/s1. The zero-order valence-electron chi connectivity index (χ0n) is 21.4. The summed E-state index contributed by atoms with van der Waals surface area (Å²) in [4.78, 5) is 40.5. The van der Waals surface area contributed by atoms with Crippen molar-refractivity contribution in [2.75, 3.05) is 26.1 Å². The topological polar surface area (TPSA) is 80.6 Å². The molecule has 3 aromatic carbocycles. The second kappa shape index (κ2) is 11.3. The monoisotopic (exact) mass is 551 g/mol. The molecule has 0 aliphatic heterocycles. The van der Waals surface area contributed by atoms with E-state index < -0.39 is 17.9 Å². The third kappa shape index (κ3) is 5.54. The number of pyridine rings is 1. The van der Waals surface area contributed by atoms with Crippen molar-refractivity contribution < 1.29 is 14.3 Å². The van der Waals surface area contributed by atoms with Crippen LogP contribution in [0.15, 0.2) is 71.5 Å². The molecular weight excluding hydrogens is 525 g/mol. The SMILES string of the molecule is COC(=O)[C@H](Cc1ccc(-c2cc3cc(N(C)C)ccc3n(C)c2=O)cc1)NC(=O)c1c(Cl)cccc1Cl. The molecule has 1 amide bonds. The van der Waals surface area contributed by atoms with Crippen molar-refractivity contribution >= 4 is 51.7 Å². The fraction of sp³-hybridized carbons (Fsp3) is 0.207. The summed E-state index contributed by atoms with van der Waals surface area (Å²) in [5.41, 5.74) is 3.93. The third-order valence-corrected chi connectivity index (χ3v) is 7.04. The number of esters is 1. The van der Waals surface area contributed by atoms with E-state index in [1.807, 2.05) is 67.5 Å². The first-order valence-corrected chi connectivity index (χ1v) is 12.6. The van der Waals surface area contributed by atoms with Gasteiger partial charge in [0, 0.05) is 44.2 Å². The number of nitrogens with one attached hydrogen (secondary N) is 1. The van der Waals surface area contributed by atoms with Crippen molar-refractivity contribution in [1.29, 1.82) is 0 Å². The molecule has 4 rings (SSSR count). The second-order valence-corrected chi connectivity index (χ2v) is 9.92. The van der Waals surface area contributed by atoms with E-state index >= 15 is 0 Å². The molecule has 0 bridgehead atoms. The van der Waals surface area contributed by atoms with Crippen molar-refractivity contribution in [2.24, 2.45) is 7.05 Å². The minimum Gasteiger partial charge on any atom is -0.467 e. The van der Waals surface area contributed by atoms with Gasteiger partial charge in [-0.05, 0) is 47.5 Å². The van der Waals surface area contributed by atoms with Gasteiger partial charge in [0.15, 0.2) is 0 Å². The normalized spacial score (nSPS) is 11.7. The molecule has 0 aliphatic rings. The molecule has 1 N–H and O–H groups in total. The number of hydrogen-bond acceptors (Lipinski definition) is 5. The molecule has 1 heterocycles. The number of benzene rings is 3. The lowest BCUT2D eigenvalue weighted by molar-refractivity contribution is -0.142. The van der Waals surface area contributed by atoms with Crippen molar-refractivity contribution in [3.8, 4) is 11.1 Å². The number of carbonyl (C=O) groups is 2. The molecule has 0 unspecified atom stereocenters. The van der Waals surface area contributed by atoms with Gasteiger partial charge in [-0.15, -0.1) is 0 Å². The van der Waals surface area contributed by atoms with Crippen LogP contribution in [0, 0.1) is 0 Å². The second-order valence-electron chi connectivity index (χ2n) is 9.11. The minimum absolute atomic E-state index is 0.0876. The van der Waals surface area contributed by atoms with E-state index in [0.717, 1.165) is 27.7 Å². The number of aromatic nitrogens is 1. The number of halogens is 2. The average Bonchev–Trinajstić information content (AvgIpc) is 2.90. The molecule has 4 aromatic rings. The van der Waals surface area contributed by atoms with E-state index in [1.54, 1.807) is 29.8 Å². The Hall–Kier alpha value is -3.81. The van der Waals surface area contributed by atoms with Crippen LogP contribution in [0.4, 0.5) is 5.69 Å². The fourth-order valence-corrected chi connectivity index (χ4v) is 4.86. The molecule has 0 saturated carbocycles. The van der Waals surface area contributed by atoms with Crippen LogP contribution in [0.2, 0.25) is 10.0 Å². The number of anilines is 1. The molecule has 1 aromatic heterocycles. The van der Waals surface area contributed by atoms with Gasteiger partial charge in [-0.3, -0.25) is 9.59 Å². The summed E-state index contributed by atoms with van der Waals surface area (Å²) in [5, 5.41) is 3.98. The van der Waals surface area contributed by atoms with Crippen LogP contribution in [0.1, 0.15) is 15.9 Å². The largest absolute Gasteiger partial charge is 0.467 e. The van der Waals surface area contributed by atoms with Crippen LogP contribution in [-0.4, -0.2) is 43.7 Å². The summed E-state index contributed by atoms with van der Waals surface area (Å²) >= 11 is 12.3. The Labute approximate surface area is 230 Å². The molecule has 196 valence electrons. The lowest BCUT2D eigenvalue weighted by atomic mass is 10.00. The van der Waals surface area contributed by atoms with Crippen LogP contribution in [-0.2, 0) is 23.0 Å². The Balaban J connectivity index is 1.61. The third-order valence-electron chi connectivity index (χ3n) is 6.41. The summed E-state index contributed by atoms with van der Waals surface area (Å²) < 4.78 is 6.54. The molecule has 0 fully saturated rings. The van der Waals surface area contributed by atoms with Gasteiger partial charge in [0.2, 0.25) is 0 Å². The summed E-state index contributed by atoms with van der Waals surface area (Å²) in [6.45, 7) is 0. The van der Waals surface area contributed by atoms with Crippen LogP contribution in [0.25, 0.3) is 22.0 Å². The molecule has 0 radical (unpaired) electrons. The molecule has 0 aliphatic carbocycles. The van der Waals surface area contributed by atoms with Gasteiger partial charge in [0.1, 0.15) is 6.04 Å². The van der Waals surface area contributed by atoms with Gasteiger partial charge < -0.3 is 19.5 Å². The van der Waals surface area contributed by atoms with Crippen molar-refractivity contribution in [3.05, 3.63) is 98.3 Å². The number of carbonyl (C=O) groups excluding carboxylic acids is 2. The Morgan fingerprint density at radius 1 is 1.00 bits per heavy atom. The van der Waals surface area contributed by atoms with Crippen LogP contribution >= 0.6 is 23.2 Å². The van der Waals surface area contributed by atoms with Crippen LogP contribution < -0.4 is 15.8 Å². The lowest BCUT2D eigenvalue weighted by Crippen LogP contribution is -2.43. The molecule has 7 nitrogen and oxygen atoms in total. The van der Waals surface area contributed by atoms with E-state index in [1.165, 1.54) is 7.11 Å². The van der Waals surface area contributed by atoms with E-state index in [-0.39, 0.29) is 27.6 Å². The number of aryl methyl sites for hydroxylation is 1. The van der Waals surface area contributed by atoms with Crippen molar-refractivity contribution in [1.82, 2.24) is 9.88 Å². The van der Waals surface area contributed by atoms with Crippen LogP contribution in [0.3, 0.4) is 0 Å². The Kier molecular flexibility index (Phi) is 8.09. The van der Waals surface area contributed by atoms with Gasteiger partial charge in [0.25, 0.3) is 11.5 Å². The summed E-state index contributed by atoms with van der Waals surface area (Å²) in [6.07, 6.45) is 0.169. The number of amides is 1. The highest BCUT2D eigenvalue weighted by Gasteiger charge is 2.25. The maximum absolute atomic E-state index is 13.1. The number of fused-ring (bicyclic) bond motifs is 1. The number of ether oxygens (including phenoxy) is 1. The van der Waals surface area contributed by atoms with Crippen molar-refractivity contribution in [2.45, 2.75) is 12.5 Å². The minimum atomic E-state index is -0.969. The smallest absolute Gasteiger partial charge is 0.328 e. The number of hydrogen-bond donors (Lipinski definition) is 1.